The number of amides is 2. The van der Waals surface area contributed by atoms with Crippen LogP contribution in [-0.4, -0.2) is 55.7 Å². The van der Waals surface area contributed by atoms with Gasteiger partial charge in [0.2, 0.25) is 11.8 Å². The Morgan fingerprint density at radius 1 is 1.22 bits per heavy atom. The lowest BCUT2D eigenvalue weighted by atomic mass is 10.1. The van der Waals surface area contributed by atoms with Crippen LogP contribution < -0.4 is 10.6 Å². The molecule has 2 amide bonds. The first kappa shape index (κ1) is 16.6. The number of ketones is 1. The van der Waals surface area contributed by atoms with E-state index in [9.17, 15) is 14.4 Å². The van der Waals surface area contributed by atoms with E-state index in [2.05, 4.69) is 10.6 Å². The molecule has 104 valence electrons. The van der Waals surface area contributed by atoms with Crippen LogP contribution in [0, 0.1) is 0 Å². The highest BCUT2D eigenvalue weighted by Crippen LogP contribution is 2.05. The molecule has 0 aromatic carbocycles. The lowest BCUT2D eigenvalue weighted by Gasteiger charge is -2.26. The zero-order valence-electron chi connectivity index (χ0n) is 11.6. The summed E-state index contributed by atoms with van der Waals surface area (Å²) in [5, 5.41) is 5.61. The van der Waals surface area contributed by atoms with Crippen LogP contribution in [0.4, 0.5) is 0 Å². The van der Waals surface area contributed by atoms with E-state index >= 15 is 0 Å². The largest absolute Gasteiger partial charge is 0.353 e. The predicted molar refractivity (Wildman–Crippen MR) is 69.1 cm³/mol. The average molecular weight is 257 g/mol. The van der Waals surface area contributed by atoms with E-state index in [4.69, 9.17) is 0 Å². The third-order valence-electron chi connectivity index (χ3n) is 2.62. The highest BCUT2D eigenvalue weighted by molar-refractivity contribution is 5.91. The van der Waals surface area contributed by atoms with E-state index < -0.39 is 6.04 Å². The van der Waals surface area contributed by atoms with Crippen molar-refractivity contribution in [2.45, 2.75) is 32.7 Å². The van der Waals surface area contributed by atoms with Crippen molar-refractivity contribution in [2.75, 3.05) is 27.2 Å². The molecule has 6 nitrogen and oxygen atoms in total. The summed E-state index contributed by atoms with van der Waals surface area (Å²) < 4.78 is 0. The van der Waals surface area contributed by atoms with Crippen LogP contribution in [0.25, 0.3) is 0 Å². The van der Waals surface area contributed by atoms with E-state index in [1.807, 2.05) is 0 Å². The first-order chi connectivity index (χ1) is 8.43. The van der Waals surface area contributed by atoms with E-state index in [0.29, 0.717) is 19.5 Å². The number of nitrogens with zero attached hydrogens (tertiary/aromatic N) is 1. The Morgan fingerprint density at radius 2 is 1.83 bits per heavy atom. The molecule has 0 rings (SSSR count). The molecule has 0 saturated heterocycles. The second-order valence-corrected chi connectivity index (χ2v) is 4.17. The van der Waals surface area contributed by atoms with Crippen molar-refractivity contribution in [3.05, 3.63) is 0 Å². The summed E-state index contributed by atoms with van der Waals surface area (Å²) in [4.78, 5) is 36.0. The highest BCUT2D eigenvalue weighted by Gasteiger charge is 2.26. The van der Waals surface area contributed by atoms with Gasteiger partial charge in [-0.1, -0.05) is 6.92 Å². The molecule has 0 unspecified atom stereocenters. The second kappa shape index (κ2) is 8.63. The molecular weight excluding hydrogens is 234 g/mol. The third kappa shape index (κ3) is 5.77. The number of carbonyl (C=O) groups is 3. The first-order valence-electron chi connectivity index (χ1n) is 6.11. The van der Waals surface area contributed by atoms with Gasteiger partial charge < -0.3 is 15.5 Å². The Labute approximate surface area is 108 Å². The van der Waals surface area contributed by atoms with E-state index in [1.165, 1.54) is 11.8 Å². The minimum Gasteiger partial charge on any atom is -0.353 e. The quantitative estimate of drug-likeness (QED) is 0.577. The standard InChI is InChI=1S/C12H23N3O3/c1-5-11(17)15(4)10(8-9(2)16)12(18)14-7-6-13-3/h10,13H,5-8H2,1-4H3,(H,14,18)/t10-/m0/s1. The number of rotatable bonds is 8. The molecule has 0 spiro atoms. The van der Waals surface area contributed by atoms with Gasteiger partial charge in [-0.3, -0.25) is 14.4 Å². The molecule has 0 bridgehead atoms. The normalized spacial score (nSPS) is 11.8. The molecule has 0 fully saturated rings. The van der Waals surface area contributed by atoms with E-state index in [0.717, 1.165) is 0 Å². The van der Waals surface area contributed by atoms with Crippen molar-refractivity contribution in [1.82, 2.24) is 15.5 Å². The maximum atomic E-state index is 11.9. The maximum Gasteiger partial charge on any atom is 0.243 e. The molecule has 18 heavy (non-hydrogen) atoms. The summed E-state index contributed by atoms with van der Waals surface area (Å²) in [6.07, 6.45) is 0.363. The molecule has 0 aliphatic carbocycles. The van der Waals surface area contributed by atoms with Crippen LogP contribution in [0.15, 0.2) is 0 Å². The van der Waals surface area contributed by atoms with Crippen LogP contribution in [0.2, 0.25) is 0 Å². The molecule has 0 aromatic heterocycles. The fourth-order valence-corrected chi connectivity index (χ4v) is 1.53. The zero-order valence-corrected chi connectivity index (χ0v) is 11.6. The number of nitrogens with one attached hydrogen (secondary N) is 2. The molecule has 0 aromatic rings. The van der Waals surface area contributed by atoms with Crippen molar-refractivity contribution in [1.29, 1.82) is 0 Å². The monoisotopic (exact) mass is 257 g/mol. The number of hydrogen-bond acceptors (Lipinski definition) is 4. The van der Waals surface area contributed by atoms with Gasteiger partial charge in [0.15, 0.2) is 0 Å². The lowest BCUT2D eigenvalue weighted by Crippen LogP contribution is -2.49. The fraction of sp³-hybridized carbons (Fsp3) is 0.750. The van der Waals surface area contributed by atoms with Gasteiger partial charge in [0.1, 0.15) is 11.8 Å². The minimum absolute atomic E-state index is 0.0492. The molecule has 0 aliphatic heterocycles. The van der Waals surface area contributed by atoms with Crippen LogP contribution in [0.3, 0.4) is 0 Å². The molecular formula is C12H23N3O3. The maximum absolute atomic E-state index is 11.9. The van der Waals surface area contributed by atoms with Gasteiger partial charge in [-0.15, -0.1) is 0 Å². The number of likely N-dealkylation sites (N-methyl/N-ethyl adjacent to an activating group) is 2. The van der Waals surface area contributed by atoms with E-state index in [-0.39, 0.29) is 24.0 Å². The Hall–Kier alpha value is -1.43. The van der Waals surface area contributed by atoms with Crippen LogP contribution >= 0.6 is 0 Å². The highest BCUT2D eigenvalue weighted by atomic mass is 16.2. The van der Waals surface area contributed by atoms with Crippen LogP contribution in [-0.2, 0) is 14.4 Å². The topological polar surface area (TPSA) is 78.5 Å². The predicted octanol–water partition coefficient (Wildman–Crippen LogP) is -0.462. The molecule has 0 aliphatic rings. The Morgan fingerprint density at radius 3 is 2.28 bits per heavy atom. The molecule has 0 heterocycles. The van der Waals surface area contributed by atoms with Crippen LogP contribution in [0.5, 0.6) is 0 Å². The van der Waals surface area contributed by atoms with Crippen molar-refractivity contribution in [2.24, 2.45) is 0 Å². The van der Waals surface area contributed by atoms with Gasteiger partial charge in [0.25, 0.3) is 0 Å². The average Bonchev–Trinajstić information content (AvgIpc) is 2.34. The lowest BCUT2D eigenvalue weighted by molar-refractivity contribution is -0.140. The molecule has 2 N–H and O–H groups in total. The first-order valence-corrected chi connectivity index (χ1v) is 6.11. The summed E-state index contributed by atoms with van der Waals surface area (Å²) in [6, 6.07) is -0.716. The summed E-state index contributed by atoms with van der Waals surface area (Å²) in [5.74, 6) is -0.547. The van der Waals surface area contributed by atoms with Gasteiger partial charge in [0, 0.05) is 33.0 Å². The summed E-state index contributed by atoms with van der Waals surface area (Å²) >= 11 is 0. The van der Waals surface area contributed by atoms with Gasteiger partial charge in [0.05, 0.1) is 0 Å². The SMILES string of the molecule is CCC(=O)N(C)[C@@H](CC(C)=O)C(=O)NCCNC. The van der Waals surface area contributed by atoms with Gasteiger partial charge in [-0.25, -0.2) is 0 Å². The van der Waals surface area contributed by atoms with E-state index in [1.54, 1.807) is 21.0 Å². The summed E-state index contributed by atoms with van der Waals surface area (Å²) in [7, 11) is 3.34. The Kier molecular flexibility index (Phi) is 7.94. The second-order valence-electron chi connectivity index (χ2n) is 4.17. The van der Waals surface area contributed by atoms with Gasteiger partial charge in [-0.05, 0) is 14.0 Å². The van der Waals surface area contributed by atoms with Crippen molar-refractivity contribution in [3.63, 3.8) is 0 Å². The Balaban J connectivity index is 4.60. The molecule has 0 radical (unpaired) electrons. The van der Waals surface area contributed by atoms with Crippen LogP contribution in [0.1, 0.15) is 26.7 Å². The number of hydrogen-bond donors (Lipinski definition) is 2. The smallest absolute Gasteiger partial charge is 0.243 e. The zero-order chi connectivity index (χ0) is 14.1. The van der Waals surface area contributed by atoms with Crippen molar-refractivity contribution in [3.8, 4) is 0 Å². The van der Waals surface area contributed by atoms with Crippen molar-refractivity contribution < 1.29 is 14.4 Å². The third-order valence-corrected chi connectivity index (χ3v) is 2.62. The molecule has 0 saturated carbocycles. The van der Waals surface area contributed by atoms with Gasteiger partial charge >= 0.3 is 0 Å². The number of Topliss-reactive ketones (excluding diaryl/α,β-unsaturated/α-hetero) is 1. The van der Waals surface area contributed by atoms with Crippen molar-refractivity contribution >= 4 is 17.6 Å². The molecule has 1 atom stereocenters. The fourth-order valence-electron chi connectivity index (χ4n) is 1.53. The van der Waals surface area contributed by atoms with Gasteiger partial charge in [-0.2, -0.15) is 0 Å². The minimum atomic E-state index is -0.716. The Bertz CT molecular complexity index is 305. The summed E-state index contributed by atoms with van der Waals surface area (Å²) in [6.45, 7) is 4.25. The number of carbonyl (C=O) groups excluding carboxylic acids is 3. The molecule has 6 heteroatoms. The summed E-state index contributed by atoms with van der Waals surface area (Å²) in [5.41, 5.74) is 0.